The van der Waals surface area contributed by atoms with E-state index >= 15 is 0 Å². The minimum atomic E-state index is 0.309. The normalized spacial score (nSPS) is 11.8. The van der Waals surface area contributed by atoms with Crippen molar-refractivity contribution >= 4 is 16.3 Å². The number of aryl methyl sites for hydroxylation is 2. The fourth-order valence-corrected chi connectivity index (χ4v) is 2.80. The molecule has 0 spiro atoms. The van der Waals surface area contributed by atoms with E-state index in [4.69, 9.17) is 0 Å². The Balaban J connectivity index is 2.17. The first-order valence-corrected chi connectivity index (χ1v) is 6.61. The Kier molecular flexibility index (Phi) is 2.44. The quantitative estimate of drug-likeness (QED) is 0.709. The molecule has 6 nitrogen and oxygen atoms in total. The molecule has 0 aromatic carbocycles. The molecule has 0 saturated heterocycles. The minimum Gasteiger partial charge on any atom is -0.265 e. The highest BCUT2D eigenvalue weighted by molar-refractivity contribution is 7.19. The number of fused-ring (bicyclic) bond motifs is 1. The van der Waals surface area contributed by atoms with Crippen molar-refractivity contribution in [3.8, 4) is 10.7 Å². The van der Waals surface area contributed by atoms with Crippen molar-refractivity contribution in [3.05, 3.63) is 17.6 Å². The molecule has 3 aromatic heterocycles. The van der Waals surface area contributed by atoms with Gasteiger partial charge >= 0.3 is 0 Å². The Morgan fingerprint density at radius 3 is 2.61 bits per heavy atom. The van der Waals surface area contributed by atoms with Crippen molar-refractivity contribution in [2.45, 2.75) is 26.7 Å². The first kappa shape index (κ1) is 11.3. The summed E-state index contributed by atoms with van der Waals surface area (Å²) in [6, 6.07) is 2.03. The molecule has 0 N–H and O–H groups in total. The van der Waals surface area contributed by atoms with Crippen LogP contribution in [0.25, 0.3) is 15.7 Å². The van der Waals surface area contributed by atoms with E-state index < -0.39 is 0 Å². The van der Waals surface area contributed by atoms with Gasteiger partial charge in [0.2, 0.25) is 4.96 Å². The zero-order valence-corrected chi connectivity index (χ0v) is 11.6. The highest BCUT2D eigenvalue weighted by Crippen LogP contribution is 2.26. The molecule has 0 aliphatic rings. The highest BCUT2D eigenvalue weighted by Gasteiger charge is 2.16. The molecule has 3 heterocycles. The maximum Gasteiger partial charge on any atom is 0.235 e. The summed E-state index contributed by atoms with van der Waals surface area (Å²) in [7, 11) is 1.92. The molecule has 0 atom stereocenters. The molecule has 18 heavy (non-hydrogen) atoms. The standard InChI is InChI=1S/C11H14N6S/c1-6(2)9-12-13-11-17(9)15-10(18-11)8-5-7(3)14-16(8)4/h5-6H,1-4H3. The number of aromatic nitrogens is 6. The second kappa shape index (κ2) is 3.88. The lowest BCUT2D eigenvalue weighted by molar-refractivity contribution is 0.722. The molecule has 0 radical (unpaired) electrons. The highest BCUT2D eigenvalue weighted by atomic mass is 32.1. The average molecular weight is 262 g/mol. The second-order valence-electron chi connectivity index (χ2n) is 4.61. The van der Waals surface area contributed by atoms with Crippen LogP contribution in [-0.4, -0.2) is 29.6 Å². The Hall–Kier alpha value is -1.76. The number of nitrogens with zero attached hydrogens (tertiary/aromatic N) is 6. The van der Waals surface area contributed by atoms with Gasteiger partial charge in [0, 0.05) is 13.0 Å². The van der Waals surface area contributed by atoms with Crippen LogP contribution in [0.2, 0.25) is 0 Å². The zero-order valence-electron chi connectivity index (χ0n) is 10.7. The third-order valence-electron chi connectivity index (χ3n) is 2.75. The van der Waals surface area contributed by atoms with Gasteiger partial charge in [-0.3, -0.25) is 4.68 Å². The lowest BCUT2D eigenvalue weighted by atomic mass is 10.2. The lowest BCUT2D eigenvalue weighted by Gasteiger charge is -1.98. The van der Waals surface area contributed by atoms with Crippen LogP contribution < -0.4 is 0 Å². The van der Waals surface area contributed by atoms with Crippen LogP contribution in [0.15, 0.2) is 6.07 Å². The summed E-state index contributed by atoms with van der Waals surface area (Å²) >= 11 is 1.53. The van der Waals surface area contributed by atoms with Crippen molar-refractivity contribution in [3.63, 3.8) is 0 Å². The van der Waals surface area contributed by atoms with Gasteiger partial charge in [-0.1, -0.05) is 25.2 Å². The van der Waals surface area contributed by atoms with Crippen LogP contribution in [0.4, 0.5) is 0 Å². The summed E-state index contributed by atoms with van der Waals surface area (Å²) in [6.45, 7) is 6.15. The first-order chi connectivity index (χ1) is 8.56. The molecule has 0 aliphatic carbocycles. The lowest BCUT2D eigenvalue weighted by Crippen LogP contribution is -1.99. The molecule has 94 valence electrons. The zero-order chi connectivity index (χ0) is 12.9. The summed E-state index contributed by atoms with van der Waals surface area (Å²) in [5.74, 6) is 1.20. The van der Waals surface area contributed by atoms with Gasteiger partial charge in [-0.15, -0.1) is 10.2 Å². The van der Waals surface area contributed by atoms with Crippen molar-refractivity contribution in [2.75, 3.05) is 0 Å². The van der Waals surface area contributed by atoms with E-state index in [1.807, 2.05) is 29.2 Å². The van der Waals surface area contributed by atoms with E-state index in [0.29, 0.717) is 5.92 Å². The molecular formula is C11H14N6S. The number of rotatable bonds is 2. The predicted octanol–water partition coefficient (Wildman–Crippen LogP) is 2.02. The Bertz CT molecular complexity index is 704. The molecule has 3 aromatic rings. The summed E-state index contributed by atoms with van der Waals surface area (Å²) in [6.07, 6.45) is 0. The van der Waals surface area contributed by atoms with Crippen molar-refractivity contribution < 1.29 is 0 Å². The first-order valence-electron chi connectivity index (χ1n) is 5.79. The van der Waals surface area contributed by atoms with Gasteiger partial charge in [-0.2, -0.15) is 14.7 Å². The Morgan fingerprint density at radius 1 is 1.22 bits per heavy atom. The van der Waals surface area contributed by atoms with Gasteiger partial charge in [-0.05, 0) is 13.0 Å². The van der Waals surface area contributed by atoms with Gasteiger partial charge < -0.3 is 0 Å². The maximum absolute atomic E-state index is 4.59. The monoisotopic (exact) mass is 262 g/mol. The minimum absolute atomic E-state index is 0.309. The van der Waals surface area contributed by atoms with Crippen LogP contribution >= 0.6 is 11.3 Å². The predicted molar refractivity (Wildman–Crippen MR) is 69.7 cm³/mol. The summed E-state index contributed by atoms with van der Waals surface area (Å²) < 4.78 is 3.67. The largest absolute Gasteiger partial charge is 0.265 e. The van der Waals surface area contributed by atoms with Crippen molar-refractivity contribution in [1.29, 1.82) is 0 Å². The third-order valence-corrected chi connectivity index (χ3v) is 3.67. The molecular weight excluding hydrogens is 248 g/mol. The van der Waals surface area contributed by atoms with Gasteiger partial charge in [0.15, 0.2) is 10.8 Å². The molecule has 0 saturated carbocycles. The third kappa shape index (κ3) is 1.62. The van der Waals surface area contributed by atoms with E-state index in [2.05, 4.69) is 34.2 Å². The summed E-state index contributed by atoms with van der Waals surface area (Å²) in [5, 5.41) is 18.2. The van der Waals surface area contributed by atoms with Gasteiger partial charge in [0.1, 0.15) is 0 Å². The van der Waals surface area contributed by atoms with Crippen LogP contribution in [0.5, 0.6) is 0 Å². The van der Waals surface area contributed by atoms with Gasteiger partial charge in [0.25, 0.3) is 0 Å². The molecule has 0 fully saturated rings. The molecule has 0 aliphatic heterocycles. The topological polar surface area (TPSA) is 60.9 Å². The summed E-state index contributed by atoms with van der Waals surface area (Å²) in [5.41, 5.74) is 2.00. The number of hydrogen-bond donors (Lipinski definition) is 0. The fourth-order valence-electron chi connectivity index (χ4n) is 1.91. The SMILES string of the molecule is Cc1cc(-c2nn3c(C(C)C)nnc3s2)n(C)n1. The molecule has 0 amide bonds. The van der Waals surface area contributed by atoms with E-state index in [1.54, 1.807) is 0 Å². The molecule has 3 rings (SSSR count). The average Bonchev–Trinajstić information content (AvgIpc) is 2.90. The molecule has 7 heteroatoms. The van der Waals surface area contributed by atoms with Crippen molar-refractivity contribution in [2.24, 2.45) is 7.05 Å². The van der Waals surface area contributed by atoms with Crippen LogP contribution in [0.1, 0.15) is 31.3 Å². The second-order valence-corrected chi connectivity index (χ2v) is 5.57. The van der Waals surface area contributed by atoms with E-state index in [1.165, 1.54) is 11.3 Å². The van der Waals surface area contributed by atoms with E-state index in [9.17, 15) is 0 Å². The summed E-state index contributed by atoms with van der Waals surface area (Å²) in [4.78, 5) is 0.826. The molecule has 0 bridgehead atoms. The Morgan fingerprint density at radius 2 is 2.00 bits per heavy atom. The van der Waals surface area contributed by atoms with Crippen molar-refractivity contribution in [1.82, 2.24) is 29.6 Å². The van der Waals surface area contributed by atoms with E-state index in [-0.39, 0.29) is 0 Å². The number of hydrogen-bond acceptors (Lipinski definition) is 5. The Labute approximate surface area is 108 Å². The maximum atomic E-state index is 4.59. The molecule has 0 unspecified atom stereocenters. The smallest absolute Gasteiger partial charge is 0.235 e. The van der Waals surface area contributed by atoms with E-state index in [0.717, 1.165) is 27.2 Å². The van der Waals surface area contributed by atoms with Gasteiger partial charge in [0.05, 0.1) is 11.4 Å². The van der Waals surface area contributed by atoms with Crippen LogP contribution in [0.3, 0.4) is 0 Å². The van der Waals surface area contributed by atoms with Crippen LogP contribution in [0, 0.1) is 6.92 Å². The fraction of sp³-hybridized carbons (Fsp3) is 0.455. The van der Waals surface area contributed by atoms with Gasteiger partial charge in [-0.25, -0.2) is 0 Å². The van der Waals surface area contributed by atoms with Crippen LogP contribution in [-0.2, 0) is 7.05 Å².